The van der Waals surface area contributed by atoms with Gasteiger partial charge in [0.1, 0.15) is 0 Å². The van der Waals surface area contributed by atoms with E-state index in [0.717, 1.165) is 12.8 Å². The largest absolute Gasteiger partial charge is 0.322 e. The maximum absolute atomic E-state index is 5.94. The molecular weight excluding hydrogens is 134 g/mol. The molecule has 1 heteroatoms. The van der Waals surface area contributed by atoms with Crippen LogP contribution in [0.3, 0.4) is 0 Å². The minimum Gasteiger partial charge on any atom is -0.322 e. The Balaban J connectivity index is 2.52. The Bertz CT molecular complexity index is 207. The van der Waals surface area contributed by atoms with Gasteiger partial charge in [0.05, 0.1) is 0 Å². The molecule has 0 aromatic rings. The molecule has 0 saturated heterocycles. The van der Waals surface area contributed by atoms with E-state index in [4.69, 9.17) is 5.73 Å². The van der Waals surface area contributed by atoms with Crippen molar-refractivity contribution in [2.24, 2.45) is 5.73 Å². The van der Waals surface area contributed by atoms with Crippen molar-refractivity contribution in [2.75, 3.05) is 0 Å². The van der Waals surface area contributed by atoms with Crippen molar-refractivity contribution >= 4 is 0 Å². The van der Waals surface area contributed by atoms with Crippen LogP contribution in [0.5, 0.6) is 0 Å². The number of nitrogens with two attached hydrogens (primary N) is 1. The minimum atomic E-state index is 0.0332. The second-order valence-corrected chi connectivity index (χ2v) is 3.13. The fraction of sp³-hybridized carbons (Fsp3) is 0.400. The van der Waals surface area contributed by atoms with Gasteiger partial charge >= 0.3 is 0 Å². The molecular formula is C10H15N. The lowest BCUT2D eigenvalue weighted by Crippen LogP contribution is -2.22. The molecule has 11 heavy (non-hydrogen) atoms. The summed E-state index contributed by atoms with van der Waals surface area (Å²) in [5.41, 5.74) is 7.25. The van der Waals surface area contributed by atoms with Crippen LogP contribution in [0.25, 0.3) is 0 Å². The summed E-state index contributed by atoms with van der Waals surface area (Å²) >= 11 is 0. The summed E-state index contributed by atoms with van der Waals surface area (Å²) in [4.78, 5) is 0. The summed E-state index contributed by atoms with van der Waals surface area (Å²) in [6.45, 7) is 5.67. The maximum Gasteiger partial charge on any atom is 0.0370 e. The zero-order valence-corrected chi connectivity index (χ0v) is 7.01. The highest BCUT2D eigenvalue weighted by atomic mass is 14.8. The van der Waals surface area contributed by atoms with Crippen molar-refractivity contribution in [3.8, 4) is 0 Å². The molecule has 0 spiro atoms. The summed E-state index contributed by atoms with van der Waals surface area (Å²) in [6.07, 6.45) is 9.99. The van der Waals surface area contributed by atoms with Crippen LogP contribution < -0.4 is 5.73 Å². The van der Waals surface area contributed by atoms with E-state index < -0.39 is 0 Å². The molecule has 1 nitrogen and oxygen atoms in total. The van der Waals surface area contributed by atoms with Crippen LogP contribution in [0.1, 0.15) is 19.8 Å². The first kappa shape index (κ1) is 8.28. The van der Waals surface area contributed by atoms with Crippen molar-refractivity contribution < 1.29 is 0 Å². The fourth-order valence-corrected chi connectivity index (χ4v) is 0.973. The lowest BCUT2D eigenvalue weighted by atomic mass is 10.1. The van der Waals surface area contributed by atoms with Crippen LogP contribution in [-0.2, 0) is 0 Å². The van der Waals surface area contributed by atoms with Crippen molar-refractivity contribution in [2.45, 2.75) is 25.3 Å². The molecule has 1 rings (SSSR count). The molecule has 0 unspecified atom stereocenters. The molecule has 0 bridgehead atoms. The summed E-state index contributed by atoms with van der Waals surface area (Å²) in [6, 6.07) is 0. The van der Waals surface area contributed by atoms with E-state index in [-0.39, 0.29) is 5.54 Å². The zero-order chi connectivity index (χ0) is 8.32. The predicted molar refractivity (Wildman–Crippen MR) is 49.2 cm³/mol. The van der Waals surface area contributed by atoms with Gasteiger partial charge in [0.25, 0.3) is 0 Å². The van der Waals surface area contributed by atoms with E-state index in [0.29, 0.717) is 0 Å². The predicted octanol–water partition coefficient (Wildman–Crippen LogP) is 2.17. The molecule has 60 valence electrons. The third-order valence-electron chi connectivity index (χ3n) is 2.17. The zero-order valence-electron chi connectivity index (χ0n) is 7.01. The van der Waals surface area contributed by atoms with Crippen molar-refractivity contribution in [1.82, 2.24) is 0 Å². The summed E-state index contributed by atoms with van der Waals surface area (Å²) in [7, 11) is 0. The van der Waals surface area contributed by atoms with Gasteiger partial charge < -0.3 is 5.73 Å². The van der Waals surface area contributed by atoms with Gasteiger partial charge in [-0.3, -0.25) is 0 Å². The van der Waals surface area contributed by atoms with Crippen LogP contribution in [0.2, 0.25) is 0 Å². The van der Waals surface area contributed by atoms with E-state index in [1.807, 2.05) is 12.2 Å². The Kier molecular flexibility index (Phi) is 2.30. The maximum atomic E-state index is 5.94. The SMILES string of the molecule is C=C/C=C\C=C(/C)C1(N)CC1. The van der Waals surface area contributed by atoms with E-state index in [1.54, 1.807) is 6.08 Å². The molecule has 0 amide bonds. The van der Waals surface area contributed by atoms with Crippen molar-refractivity contribution in [3.63, 3.8) is 0 Å². The lowest BCUT2D eigenvalue weighted by molar-refractivity contribution is 0.793. The minimum absolute atomic E-state index is 0.0332. The fourth-order valence-electron chi connectivity index (χ4n) is 0.973. The van der Waals surface area contributed by atoms with Crippen molar-refractivity contribution in [1.29, 1.82) is 0 Å². The smallest absolute Gasteiger partial charge is 0.0370 e. The average molecular weight is 149 g/mol. The molecule has 0 atom stereocenters. The van der Waals surface area contributed by atoms with Crippen LogP contribution >= 0.6 is 0 Å². The average Bonchev–Trinajstić information content (AvgIpc) is 2.70. The van der Waals surface area contributed by atoms with Gasteiger partial charge in [-0.15, -0.1) is 0 Å². The van der Waals surface area contributed by atoms with Gasteiger partial charge in [-0.1, -0.05) is 36.5 Å². The number of rotatable bonds is 3. The first-order valence-corrected chi connectivity index (χ1v) is 3.94. The molecule has 1 saturated carbocycles. The van der Waals surface area contributed by atoms with E-state index in [1.165, 1.54) is 5.57 Å². The third kappa shape index (κ3) is 2.05. The van der Waals surface area contributed by atoms with Crippen LogP contribution in [0.15, 0.2) is 36.5 Å². The highest BCUT2D eigenvalue weighted by molar-refractivity contribution is 5.29. The summed E-state index contributed by atoms with van der Waals surface area (Å²) in [5.74, 6) is 0. The number of allylic oxidation sites excluding steroid dienone is 4. The molecule has 0 aromatic carbocycles. The van der Waals surface area contributed by atoms with E-state index in [2.05, 4.69) is 19.6 Å². The second kappa shape index (κ2) is 3.05. The first-order valence-electron chi connectivity index (χ1n) is 3.94. The molecule has 1 fully saturated rings. The quantitative estimate of drug-likeness (QED) is 0.611. The molecule has 0 heterocycles. The van der Waals surface area contributed by atoms with Gasteiger partial charge in [-0.2, -0.15) is 0 Å². The Morgan fingerprint density at radius 2 is 2.09 bits per heavy atom. The Hall–Kier alpha value is -0.820. The van der Waals surface area contributed by atoms with Gasteiger partial charge in [0.15, 0.2) is 0 Å². The first-order chi connectivity index (χ1) is 5.19. The van der Waals surface area contributed by atoms with Gasteiger partial charge in [0.2, 0.25) is 0 Å². The number of hydrogen-bond acceptors (Lipinski definition) is 1. The highest BCUT2D eigenvalue weighted by Crippen LogP contribution is 2.38. The molecule has 1 aliphatic carbocycles. The number of hydrogen-bond donors (Lipinski definition) is 1. The Morgan fingerprint density at radius 1 is 1.45 bits per heavy atom. The third-order valence-corrected chi connectivity index (χ3v) is 2.17. The van der Waals surface area contributed by atoms with Crippen molar-refractivity contribution in [3.05, 3.63) is 36.5 Å². The molecule has 2 N–H and O–H groups in total. The van der Waals surface area contributed by atoms with E-state index >= 15 is 0 Å². The molecule has 0 aromatic heterocycles. The topological polar surface area (TPSA) is 26.0 Å². The molecule has 0 radical (unpaired) electrons. The Morgan fingerprint density at radius 3 is 2.55 bits per heavy atom. The monoisotopic (exact) mass is 149 g/mol. The second-order valence-electron chi connectivity index (χ2n) is 3.13. The lowest BCUT2D eigenvalue weighted by Gasteiger charge is -2.06. The highest BCUT2D eigenvalue weighted by Gasteiger charge is 2.39. The molecule has 0 aliphatic heterocycles. The van der Waals surface area contributed by atoms with Gasteiger partial charge in [0, 0.05) is 5.54 Å². The van der Waals surface area contributed by atoms with Crippen LogP contribution in [0, 0.1) is 0 Å². The summed E-state index contributed by atoms with van der Waals surface area (Å²) in [5, 5.41) is 0. The van der Waals surface area contributed by atoms with Gasteiger partial charge in [-0.25, -0.2) is 0 Å². The molecule has 1 aliphatic rings. The summed E-state index contributed by atoms with van der Waals surface area (Å²) < 4.78 is 0. The normalized spacial score (nSPS) is 22.2. The Labute approximate surface area is 68.3 Å². The van der Waals surface area contributed by atoms with Crippen LogP contribution in [0.4, 0.5) is 0 Å². The van der Waals surface area contributed by atoms with E-state index in [9.17, 15) is 0 Å². The van der Waals surface area contributed by atoms with Gasteiger partial charge in [-0.05, 0) is 19.8 Å². The standard InChI is InChI=1S/C10H15N/c1-3-4-5-6-9(2)10(11)7-8-10/h3-6H,1,7-8,11H2,2H3/b5-4-,9-6+. The van der Waals surface area contributed by atoms with Crippen LogP contribution in [-0.4, -0.2) is 5.54 Å².